The maximum absolute atomic E-state index is 12.5. The van der Waals surface area contributed by atoms with Crippen LogP contribution < -0.4 is 10.4 Å². The lowest BCUT2D eigenvalue weighted by Gasteiger charge is -2.14. The number of phenolic OH excluding ortho intramolecular Hbond substituents is 1. The van der Waals surface area contributed by atoms with Crippen molar-refractivity contribution in [1.82, 2.24) is 5.43 Å². The van der Waals surface area contributed by atoms with Crippen LogP contribution in [0.4, 0.5) is 5.69 Å². The molecule has 5 nitrogen and oxygen atoms in total. The van der Waals surface area contributed by atoms with Crippen LogP contribution in [-0.4, -0.2) is 16.9 Å². The summed E-state index contributed by atoms with van der Waals surface area (Å²) >= 11 is 3.32. The maximum atomic E-state index is 12.5. The van der Waals surface area contributed by atoms with Gasteiger partial charge in [0.15, 0.2) is 0 Å². The minimum Gasteiger partial charge on any atom is -0.507 e. The molecule has 0 bridgehead atoms. The van der Waals surface area contributed by atoms with E-state index in [9.17, 15) is 14.7 Å². The Bertz CT molecular complexity index is 828. The molecule has 1 fully saturated rings. The van der Waals surface area contributed by atoms with Gasteiger partial charge in [0.25, 0.3) is 11.8 Å². The van der Waals surface area contributed by atoms with Crippen LogP contribution in [0.1, 0.15) is 11.1 Å². The third-order valence-electron chi connectivity index (χ3n) is 3.46. The molecular weight excluding hydrogens is 360 g/mol. The van der Waals surface area contributed by atoms with E-state index in [1.807, 2.05) is 6.92 Å². The molecule has 23 heavy (non-hydrogen) atoms. The molecule has 0 spiro atoms. The molecule has 1 heterocycles. The molecule has 6 heteroatoms. The summed E-state index contributed by atoms with van der Waals surface area (Å²) in [6.07, 6.45) is 1.40. The summed E-state index contributed by atoms with van der Waals surface area (Å²) in [5, 5.41) is 11.1. The Morgan fingerprint density at radius 3 is 2.52 bits per heavy atom. The van der Waals surface area contributed by atoms with E-state index in [0.717, 1.165) is 10.0 Å². The normalized spacial score (nSPS) is 16.1. The minimum atomic E-state index is -0.501. The number of aromatic hydroxyl groups is 1. The van der Waals surface area contributed by atoms with E-state index in [0.29, 0.717) is 11.3 Å². The summed E-state index contributed by atoms with van der Waals surface area (Å²) in [5.41, 5.74) is 4.42. The van der Waals surface area contributed by atoms with Crippen molar-refractivity contribution >= 4 is 39.5 Å². The van der Waals surface area contributed by atoms with Crippen molar-refractivity contribution in [2.24, 2.45) is 0 Å². The van der Waals surface area contributed by atoms with Gasteiger partial charge < -0.3 is 5.11 Å². The zero-order valence-corrected chi connectivity index (χ0v) is 13.8. The van der Waals surface area contributed by atoms with E-state index < -0.39 is 11.8 Å². The number of carbonyl (C=O) groups excluding carboxylic acids is 2. The number of halogens is 1. The lowest BCUT2D eigenvalue weighted by Crippen LogP contribution is -2.35. The monoisotopic (exact) mass is 372 g/mol. The first-order valence-electron chi connectivity index (χ1n) is 6.88. The first-order chi connectivity index (χ1) is 11.0. The first-order valence-corrected chi connectivity index (χ1v) is 7.67. The fraction of sp³-hybridized carbons (Fsp3) is 0.0588. The minimum absolute atomic E-state index is 0.0193. The Labute approximate surface area is 141 Å². The lowest BCUT2D eigenvalue weighted by atomic mass is 10.1. The number of nitrogens with zero attached hydrogens (tertiary/aromatic N) is 1. The number of hydrogen-bond acceptors (Lipinski definition) is 3. The van der Waals surface area contributed by atoms with Crippen molar-refractivity contribution in [2.45, 2.75) is 6.92 Å². The molecule has 0 atom stereocenters. The summed E-state index contributed by atoms with van der Waals surface area (Å²) in [5.74, 6) is -0.942. The van der Waals surface area contributed by atoms with Gasteiger partial charge >= 0.3 is 0 Å². The molecule has 1 aliphatic rings. The number of aryl methyl sites for hydroxylation is 1. The molecule has 1 saturated heterocycles. The van der Waals surface area contributed by atoms with Crippen LogP contribution in [0.15, 0.2) is 52.5 Å². The summed E-state index contributed by atoms with van der Waals surface area (Å²) in [6.45, 7) is 1.87. The lowest BCUT2D eigenvalue weighted by molar-refractivity contribution is -0.117. The highest BCUT2D eigenvalue weighted by Gasteiger charge is 2.34. The predicted octanol–water partition coefficient (Wildman–Crippen LogP) is 2.92. The summed E-state index contributed by atoms with van der Waals surface area (Å²) in [7, 11) is 0. The SMILES string of the molecule is Cc1ccc(O)c(/C=C2\C(=O)NN(c3ccc(Br)cc3)C2=O)c1. The van der Waals surface area contributed by atoms with Crippen LogP contribution in [0, 0.1) is 6.92 Å². The Hall–Kier alpha value is -2.60. The van der Waals surface area contributed by atoms with E-state index >= 15 is 0 Å². The fourth-order valence-electron chi connectivity index (χ4n) is 2.27. The highest BCUT2D eigenvalue weighted by Crippen LogP contribution is 2.26. The van der Waals surface area contributed by atoms with Crippen LogP contribution in [0.5, 0.6) is 5.75 Å². The third kappa shape index (κ3) is 2.98. The summed E-state index contributed by atoms with van der Waals surface area (Å²) < 4.78 is 0.875. The average molecular weight is 373 g/mol. The van der Waals surface area contributed by atoms with Crippen molar-refractivity contribution in [3.63, 3.8) is 0 Å². The number of benzene rings is 2. The second kappa shape index (κ2) is 5.89. The third-order valence-corrected chi connectivity index (χ3v) is 3.99. The quantitative estimate of drug-likeness (QED) is 0.628. The molecule has 3 rings (SSSR count). The fourth-order valence-corrected chi connectivity index (χ4v) is 2.54. The molecule has 2 amide bonds. The van der Waals surface area contributed by atoms with Crippen molar-refractivity contribution < 1.29 is 14.7 Å². The number of amides is 2. The topological polar surface area (TPSA) is 69.6 Å². The van der Waals surface area contributed by atoms with E-state index in [4.69, 9.17) is 0 Å². The van der Waals surface area contributed by atoms with Gasteiger partial charge in [0.1, 0.15) is 11.3 Å². The van der Waals surface area contributed by atoms with Crippen LogP contribution in [0.3, 0.4) is 0 Å². The number of hydrazine groups is 1. The van der Waals surface area contributed by atoms with Gasteiger partial charge in [-0.2, -0.15) is 0 Å². The Morgan fingerprint density at radius 1 is 1.13 bits per heavy atom. The number of rotatable bonds is 2. The van der Waals surface area contributed by atoms with E-state index in [-0.39, 0.29) is 11.3 Å². The van der Waals surface area contributed by atoms with Crippen LogP contribution in [0.2, 0.25) is 0 Å². The van der Waals surface area contributed by atoms with E-state index in [1.54, 1.807) is 36.4 Å². The van der Waals surface area contributed by atoms with Crippen molar-refractivity contribution in [3.05, 3.63) is 63.6 Å². The molecule has 2 N–H and O–H groups in total. The van der Waals surface area contributed by atoms with Crippen LogP contribution in [-0.2, 0) is 9.59 Å². The van der Waals surface area contributed by atoms with E-state index in [1.165, 1.54) is 17.2 Å². The van der Waals surface area contributed by atoms with Gasteiger partial charge in [-0.1, -0.05) is 27.6 Å². The molecule has 0 unspecified atom stereocenters. The van der Waals surface area contributed by atoms with Gasteiger partial charge in [-0.25, -0.2) is 5.01 Å². The average Bonchev–Trinajstić information content (AvgIpc) is 2.80. The van der Waals surface area contributed by atoms with Crippen molar-refractivity contribution in [3.8, 4) is 5.75 Å². The molecule has 0 aliphatic carbocycles. The van der Waals surface area contributed by atoms with Gasteiger partial charge in [-0.05, 0) is 49.4 Å². The molecule has 1 aliphatic heterocycles. The van der Waals surface area contributed by atoms with Crippen LogP contribution >= 0.6 is 15.9 Å². The second-order valence-corrected chi connectivity index (χ2v) is 6.09. The number of anilines is 1. The van der Waals surface area contributed by atoms with Crippen LogP contribution in [0.25, 0.3) is 6.08 Å². The second-order valence-electron chi connectivity index (χ2n) is 5.18. The summed E-state index contributed by atoms with van der Waals surface area (Å²) in [6, 6.07) is 12.0. The zero-order chi connectivity index (χ0) is 16.6. The van der Waals surface area contributed by atoms with Gasteiger partial charge in [0, 0.05) is 10.0 Å². The molecule has 2 aromatic carbocycles. The predicted molar refractivity (Wildman–Crippen MR) is 90.6 cm³/mol. The molecule has 0 radical (unpaired) electrons. The maximum Gasteiger partial charge on any atom is 0.282 e. The van der Waals surface area contributed by atoms with Crippen molar-refractivity contribution in [1.29, 1.82) is 0 Å². The molecule has 0 aromatic heterocycles. The Balaban J connectivity index is 1.97. The first kappa shape index (κ1) is 15.3. The standard InChI is InChI=1S/C17H13BrN2O3/c1-10-2-7-15(21)11(8-10)9-14-16(22)19-20(17(14)23)13-5-3-12(18)4-6-13/h2-9,21H,1H3,(H,19,22)/b14-9+. The number of nitrogens with one attached hydrogen (secondary N) is 1. The highest BCUT2D eigenvalue weighted by atomic mass is 79.9. The molecule has 116 valence electrons. The Morgan fingerprint density at radius 2 is 1.83 bits per heavy atom. The van der Waals surface area contributed by atoms with Gasteiger partial charge in [-0.15, -0.1) is 0 Å². The smallest absolute Gasteiger partial charge is 0.282 e. The number of phenols is 1. The van der Waals surface area contributed by atoms with Gasteiger partial charge in [0.05, 0.1) is 5.69 Å². The zero-order valence-electron chi connectivity index (χ0n) is 12.2. The largest absolute Gasteiger partial charge is 0.507 e. The number of hydrogen-bond donors (Lipinski definition) is 2. The summed E-state index contributed by atoms with van der Waals surface area (Å²) in [4.78, 5) is 24.6. The van der Waals surface area contributed by atoms with Gasteiger partial charge in [-0.3, -0.25) is 15.0 Å². The van der Waals surface area contributed by atoms with E-state index in [2.05, 4.69) is 21.4 Å². The Kier molecular flexibility index (Phi) is 3.92. The van der Waals surface area contributed by atoms with Crippen molar-refractivity contribution in [2.75, 3.05) is 5.01 Å². The number of carbonyl (C=O) groups is 2. The molecule has 0 saturated carbocycles. The van der Waals surface area contributed by atoms with Gasteiger partial charge in [0.2, 0.25) is 0 Å². The highest BCUT2D eigenvalue weighted by molar-refractivity contribution is 9.10. The molecular formula is C17H13BrN2O3. The molecule has 2 aromatic rings.